The lowest BCUT2D eigenvalue weighted by Gasteiger charge is -2.24. The lowest BCUT2D eigenvalue weighted by atomic mass is 9.90. The summed E-state index contributed by atoms with van der Waals surface area (Å²) in [5.41, 5.74) is -0.680. The summed E-state index contributed by atoms with van der Waals surface area (Å²) in [6, 6.07) is 5.60. The molecule has 1 heterocycles. The van der Waals surface area contributed by atoms with Crippen molar-refractivity contribution in [3.8, 4) is 0 Å². The topological polar surface area (TPSA) is 78.5 Å². The van der Waals surface area contributed by atoms with Gasteiger partial charge in [0.05, 0.1) is 5.69 Å². The van der Waals surface area contributed by atoms with Crippen LogP contribution in [0, 0.1) is 0 Å². The summed E-state index contributed by atoms with van der Waals surface area (Å²) in [5.74, 6) is -3.60. The number of alkyl halides is 2. The van der Waals surface area contributed by atoms with E-state index in [-0.39, 0.29) is 16.5 Å². The van der Waals surface area contributed by atoms with E-state index < -0.39 is 29.8 Å². The highest BCUT2D eigenvalue weighted by molar-refractivity contribution is 7.99. The van der Waals surface area contributed by atoms with Gasteiger partial charge in [-0.2, -0.15) is 8.78 Å². The van der Waals surface area contributed by atoms with E-state index in [2.05, 4.69) is 10.6 Å². The first kappa shape index (κ1) is 19.6. The van der Waals surface area contributed by atoms with Crippen molar-refractivity contribution in [2.75, 3.05) is 11.9 Å². The van der Waals surface area contributed by atoms with Crippen molar-refractivity contribution in [1.29, 1.82) is 0 Å². The van der Waals surface area contributed by atoms with E-state index in [1.807, 2.05) is 0 Å². The minimum atomic E-state index is -2.62. The Hall–Kier alpha value is -2.16. The molecule has 2 N–H and O–H groups in total. The van der Waals surface area contributed by atoms with Crippen molar-refractivity contribution in [2.24, 2.45) is 0 Å². The van der Waals surface area contributed by atoms with E-state index in [1.54, 1.807) is 12.1 Å². The van der Waals surface area contributed by atoms with Gasteiger partial charge in [0, 0.05) is 4.90 Å². The van der Waals surface area contributed by atoms with E-state index in [4.69, 9.17) is 0 Å². The number of imide groups is 1. The normalized spacial score (nSPS) is 19.3. The molecule has 0 aromatic heterocycles. The zero-order valence-corrected chi connectivity index (χ0v) is 15.5. The molecule has 3 rings (SSSR count). The predicted octanol–water partition coefficient (Wildman–Crippen LogP) is 3.58. The van der Waals surface area contributed by atoms with Crippen LogP contribution in [0.25, 0.3) is 0 Å². The highest BCUT2D eigenvalue weighted by atomic mass is 32.2. The van der Waals surface area contributed by atoms with Gasteiger partial charge in [-0.3, -0.25) is 14.5 Å². The Morgan fingerprint density at radius 2 is 1.85 bits per heavy atom. The molecule has 0 radical (unpaired) electrons. The molecule has 4 amide bonds. The molecule has 1 spiro atoms. The van der Waals surface area contributed by atoms with E-state index in [0.717, 1.165) is 30.6 Å². The fourth-order valence-corrected chi connectivity index (χ4v) is 4.19. The van der Waals surface area contributed by atoms with E-state index in [9.17, 15) is 23.2 Å². The largest absolute Gasteiger partial charge is 0.325 e. The molecule has 0 bridgehead atoms. The Morgan fingerprint density at radius 3 is 2.52 bits per heavy atom. The minimum absolute atomic E-state index is 0.221. The highest BCUT2D eigenvalue weighted by Gasteiger charge is 2.51. The Kier molecular flexibility index (Phi) is 5.98. The van der Waals surface area contributed by atoms with Crippen LogP contribution in [0.15, 0.2) is 29.2 Å². The maximum absolute atomic E-state index is 12.8. The number of rotatable bonds is 5. The number of anilines is 1. The van der Waals surface area contributed by atoms with Gasteiger partial charge in [0.25, 0.3) is 11.7 Å². The number of carbonyl (C=O) groups is 3. The molecule has 0 unspecified atom stereocenters. The van der Waals surface area contributed by atoms with Crippen molar-refractivity contribution in [2.45, 2.75) is 54.7 Å². The first-order valence-corrected chi connectivity index (χ1v) is 9.77. The van der Waals surface area contributed by atoms with Gasteiger partial charge >= 0.3 is 6.03 Å². The number of halogens is 2. The molecule has 1 aromatic rings. The Balaban J connectivity index is 1.68. The maximum atomic E-state index is 12.8. The van der Waals surface area contributed by atoms with Crippen LogP contribution in [0.3, 0.4) is 0 Å². The summed E-state index contributed by atoms with van der Waals surface area (Å²) in [6.45, 7) is -0.444. The second kappa shape index (κ2) is 8.24. The Labute approximate surface area is 160 Å². The van der Waals surface area contributed by atoms with Gasteiger partial charge in [-0.05, 0) is 25.0 Å². The number of carbonyl (C=O) groups excluding carboxylic acids is 3. The molecule has 2 fully saturated rings. The molecule has 6 nitrogen and oxygen atoms in total. The number of benzene rings is 1. The third-order valence-corrected chi connectivity index (χ3v) is 5.67. The van der Waals surface area contributed by atoms with Crippen molar-refractivity contribution < 1.29 is 23.2 Å². The number of urea groups is 1. The standard InChI is InChI=1S/C18H21F2N3O3S/c19-16(20)27-13-8-4-3-7-12(13)21-14(24)11-23-15(25)18(22-17(23)26)9-5-1-2-6-10-18/h3-4,7-8,16H,1-2,5-6,9-11H2,(H,21,24)(H,22,26). The summed E-state index contributed by atoms with van der Waals surface area (Å²) in [5, 5.41) is 5.29. The van der Waals surface area contributed by atoms with Crippen LogP contribution >= 0.6 is 11.8 Å². The molecule has 27 heavy (non-hydrogen) atoms. The molecule has 0 atom stereocenters. The summed E-state index contributed by atoms with van der Waals surface area (Å²) in [6.07, 6.45) is 4.88. The molecular weight excluding hydrogens is 376 g/mol. The quantitative estimate of drug-likeness (QED) is 0.588. The fourth-order valence-electron chi connectivity index (χ4n) is 3.59. The first-order valence-electron chi connectivity index (χ1n) is 8.89. The molecule has 1 saturated heterocycles. The monoisotopic (exact) mass is 397 g/mol. The lowest BCUT2D eigenvalue weighted by molar-refractivity contribution is -0.134. The summed E-state index contributed by atoms with van der Waals surface area (Å²) in [7, 11) is 0. The third kappa shape index (κ3) is 4.40. The molecule has 2 aliphatic rings. The fraction of sp³-hybridized carbons (Fsp3) is 0.500. The average Bonchev–Trinajstić information content (AvgIpc) is 2.79. The number of para-hydroxylation sites is 1. The molecular formula is C18H21F2N3O3S. The van der Waals surface area contributed by atoms with E-state index in [0.29, 0.717) is 24.6 Å². The van der Waals surface area contributed by atoms with Crippen LogP contribution in [0.1, 0.15) is 38.5 Å². The second-order valence-electron chi connectivity index (χ2n) is 6.74. The molecule has 1 aliphatic heterocycles. The number of hydrogen-bond acceptors (Lipinski definition) is 4. The van der Waals surface area contributed by atoms with Gasteiger partial charge in [-0.1, -0.05) is 49.6 Å². The zero-order valence-electron chi connectivity index (χ0n) is 14.7. The molecule has 1 aromatic carbocycles. The Bertz CT molecular complexity index is 736. The second-order valence-corrected chi connectivity index (χ2v) is 7.77. The van der Waals surface area contributed by atoms with E-state index in [1.165, 1.54) is 12.1 Å². The lowest BCUT2D eigenvalue weighted by Crippen LogP contribution is -2.47. The third-order valence-electron chi connectivity index (χ3n) is 4.88. The molecule has 1 saturated carbocycles. The van der Waals surface area contributed by atoms with E-state index >= 15 is 0 Å². The van der Waals surface area contributed by atoms with Crippen molar-refractivity contribution >= 4 is 35.3 Å². The van der Waals surface area contributed by atoms with Crippen molar-refractivity contribution in [1.82, 2.24) is 10.2 Å². The van der Waals surface area contributed by atoms with Crippen LogP contribution in [0.2, 0.25) is 0 Å². The average molecular weight is 397 g/mol. The number of nitrogens with zero attached hydrogens (tertiary/aromatic N) is 1. The molecule has 146 valence electrons. The van der Waals surface area contributed by atoms with Crippen LogP contribution < -0.4 is 10.6 Å². The number of hydrogen-bond donors (Lipinski definition) is 2. The zero-order chi connectivity index (χ0) is 19.4. The smallest absolute Gasteiger partial charge is 0.324 e. The summed E-state index contributed by atoms with van der Waals surface area (Å²) >= 11 is 0.323. The molecule has 9 heteroatoms. The van der Waals surface area contributed by atoms with Crippen molar-refractivity contribution in [3.05, 3.63) is 24.3 Å². The number of nitrogens with one attached hydrogen (secondary N) is 2. The van der Waals surface area contributed by atoms with Crippen LogP contribution in [0.4, 0.5) is 19.3 Å². The number of amides is 4. The van der Waals surface area contributed by atoms with Crippen LogP contribution in [0.5, 0.6) is 0 Å². The Morgan fingerprint density at radius 1 is 1.19 bits per heavy atom. The van der Waals surface area contributed by atoms with Crippen LogP contribution in [-0.4, -0.2) is 40.6 Å². The molecule has 1 aliphatic carbocycles. The SMILES string of the molecule is O=C(CN1C(=O)NC2(CCCCCC2)C1=O)Nc1ccccc1SC(F)F. The van der Waals surface area contributed by atoms with Crippen molar-refractivity contribution in [3.63, 3.8) is 0 Å². The summed E-state index contributed by atoms with van der Waals surface area (Å²) < 4.78 is 25.3. The van der Waals surface area contributed by atoms with Gasteiger partial charge in [0.1, 0.15) is 12.1 Å². The predicted molar refractivity (Wildman–Crippen MR) is 97.6 cm³/mol. The summed E-state index contributed by atoms with van der Waals surface area (Å²) in [4.78, 5) is 38.6. The maximum Gasteiger partial charge on any atom is 0.325 e. The number of thioether (sulfide) groups is 1. The van der Waals surface area contributed by atoms with Crippen LogP contribution in [-0.2, 0) is 9.59 Å². The van der Waals surface area contributed by atoms with Gasteiger partial charge in [-0.15, -0.1) is 0 Å². The first-order chi connectivity index (χ1) is 12.9. The van der Waals surface area contributed by atoms with Gasteiger partial charge < -0.3 is 10.6 Å². The minimum Gasteiger partial charge on any atom is -0.324 e. The van der Waals surface area contributed by atoms with Gasteiger partial charge in [-0.25, -0.2) is 4.79 Å². The highest BCUT2D eigenvalue weighted by Crippen LogP contribution is 2.33. The van der Waals surface area contributed by atoms with Gasteiger partial charge in [0.15, 0.2) is 0 Å². The van der Waals surface area contributed by atoms with Gasteiger partial charge in [0.2, 0.25) is 5.91 Å².